The number of carbonyl (C=O) groups excluding carboxylic acids is 1. The Morgan fingerprint density at radius 3 is 2.54 bits per heavy atom. The van der Waals surface area contributed by atoms with Crippen molar-refractivity contribution >= 4 is 17.7 Å². The largest absolute Gasteiger partial charge is 0.474 e. The lowest BCUT2D eigenvalue weighted by molar-refractivity contribution is 0.0792. The molecule has 0 saturated carbocycles. The number of aromatic nitrogens is 3. The summed E-state index contributed by atoms with van der Waals surface area (Å²) in [6.07, 6.45) is 5.73. The van der Waals surface area contributed by atoms with Gasteiger partial charge in [0.15, 0.2) is 0 Å². The number of aryl methyl sites for hydroxylation is 1. The average molecular weight is 382 g/mol. The molecule has 2 saturated heterocycles. The van der Waals surface area contributed by atoms with Crippen LogP contribution in [-0.2, 0) is 0 Å². The van der Waals surface area contributed by atoms with Gasteiger partial charge in [-0.05, 0) is 31.9 Å². The summed E-state index contributed by atoms with van der Waals surface area (Å²) >= 11 is 0. The van der Waals surface area contributed by atoms with Gasteiger partial charge in [-0.25, -0.2) is 9.97 Å². The quantitative estimate of drug-likeness (QED) is 0.864. The van der Waals surface area contributed by atoms with Gasteiger partial charge in [0.2, 0.25) is 11.8 Å². The highest BCUT2D eigenvalue weighted by Crippen LogP contribution is 2.22. The normalized spacial score (nSPS) is 17.8. The third kappa shape index (κ3) is 4.16. The number of ether oxygens (including phenoxy) is 1. The van der Waals surface area contributed by atoms with E-state index in [4.69, 9.17) is 10.5 Å². The smallest absolute Gasteiger partial charge is 0.255 e. The molecule has 0 spiro atoms. The monoisotopic (exact) mass is 382 g/mol. The van der Waals surface area contributed by atoms with Gasteiger partial charge in [0.25, 0.3) is 5.91 Å². The number of nitrogen functional groups attached to an aromatic ring is 1. The van der Waals surface area contributed by atoms with E-state index in [0.29, 0.717) is 11.4 Å². The summed E-state index contributed by atoms with van der Waals surface area (Å²) < 4.78 is 5.98. The maximum absolute atomic E-state index is 12.4. The van der Waals surface area contributed by atoms with Crippen molar-refractivity contribution in [2.75, 3.05) is 36.8 Å². The van der Waals surface area contributed by atoms with Crippen molar-refractivity contribution in [2.24, 2.45) is 0 Å². The molecule has 8 heteroatoms. The number of anilines is 2. The molecule has 8 nitrogen and oxygen atoms in total. The first kappa shape index (κ1) is 18.5. The Balaban J connectivity index is 1.32. The predicted octanol–water partition coefficient (Wildman–Crippen LogP) is 2.05. The molecule has 0 radical (unpaired) electrons. The Hall–Kier alpha value is -2.90. The highest BCUT2D eigenvalue weighted by molar-refractivity contribution is 5.94. The van der Waals surface area contributed by atoms with E-state index in [1.807, 2.05) is 24.0 Å². The van der Waals surface area contributed by atoms with Gasteiger partial charge in [-0.15, -0.1) is 0 Å². The minimum absolute atomic E-state index is 0.0862. The van der Waals surface area contributed by atoms with Crippen LogP contribution in [0.1, 0.15) is 41.7 Å². The lowest BCUT2D eigenvalue weighted by atomic mass is 10.1. The second kappa shape index (κ2) is 8.00. The number of carbonyl (C=O) groups is 1. The van der Waals surface area contributed by atoms with Gasteiger partial charge in [-0.3, -0.25) is 4.79 Å². The topological polar surface area (TPSA) is 97.5 Å². The molecular formula is C20H26N6O2. The summed E-state index contributed by atoms with van der Waals surface area (Å²) in [5.74, 6) is 1.76. The third-order valence-corrected chi connectivity index (χ3v) is 5.29. The lowest BCUT2D eigenvalue weighted by Crippen LogP contribution is -2.38. The predicted molar refractivity (Wildman–Crippen MR) is 106 cm³/mol. The summed E-state index contributed by atoms with van der Waals surface area (Å²) in [4.78, 5) is 29.3. The highest BCUT2D eigenvalue weighted by Gasteiger charge is 2.23. The number of pyridine rings is 1. The number of nitrogens with two attached hydrogens (primary N) is 1. The first-order valence-electron chi connectivity index (χ1n) is 9.86. The molecule has 2 aromatic heterocycles. The summed E-state index contributed by atoms with van der Waals surface area (Å²) in [6, 6.07) is 5.64. The van der Waals surface area contributed by atoms with E-state index in [1.165, 1.54) is 0 Å². The van der Waals surface area contributed by atoms with Gasteiger partial charge in [0.05, 0.1) is 5.56 Å². The number of likely N-dealkylation sites (tertiary alicyclic amines) is 1. The molecule has 2 aliphatic rings. The Bertz CT molecular complexity index is 807. The summed E-state index contributed by atoms with van der Waals surface area (Å²) in [5.41, 5.74) is 7.16. The number of nitrogens with zero attached hydrogens (tertiary/aromatic N) is 5. The molecule has 4 heterocycles. The van der Waals surface area contributed by atoms with Gasteiger partial charge in [0.1, 0.15) is 11.9 Å². The molecule has 0 unspecified atom stereocenters. The van der Waals surface area contributed by atoms with Crippen LogP contribution in [0, 0.1) is 6.92 Å². The molecule has 0 aliphatic carbocycles. The second-order valence-corrected chi connectivity index (χ2v) is 7.41. The zero-order valence-corrected chi connectivity index (χ0v) is 16.2. The van der Waals surface area contributed by atoms with E-state index in [2.05, 4.69) is 19.9 Å². The zero-order valence-electron chi connectivity index (χ0n) is 16.2. The number of hydrogen-bond acceptors (Lipinski definition) is 7. The molecule has 28 heavy (non-hydrogen) atoms. The van der Waals surface area contributed by atoms with E-state index < -0.39 is 0 Å². The van der Waals surface area contributed by atoms with E-state index in [-0.39, 0.29) is 18.0 Å². The van der Waals surface area contributed by atoms with Crippen LogP contribution in [0.3, 0.4) is 0 Å². The van der Waals surface area contributed by atoms with Gasteiger partial charge < -0.3 is 20.3 Å². The standard InChI is InChI=1S/C20H26N6O2/c1-14-12-18(24-20(21)23-14)28-16-6-10-25(11-7-16)17-5-4-15(13-22-17)19(27)26-8-2-3-9-26/h4-5,12-13,16H,2-3,6-11H2,1H3,(H2,21,23,24). The fourth-order valence-corrected chi connectivity index (χ4v) is 3.80. The molecule has 0 atom stereocenters. The van der Waals surface area contributed by atoms with E-state index >= 15 is 0 Å². The molecule has 2 fully saturated rings. The van der Waals surface area contributed by atoms with Crippen LogP contribution in [0.25, 0.3) is 0 Å². The van der Waals surface area contributed by atoms with E-state index in [0.717, 1.165) is 63.4 Å². The molecule has 0 aromatic carbocycles. The van der Waals surface area contributed by atoms with Crippen molar-refractivity contribution in [3.8, 4) is 5.88 Å². The first-order chi connectivity index (χ1) is 13.6. The fraction of sp³-hybridized carbons (Fsp3) is 0.500. The van der Waals surface area contributed by atoms with Crippen molar-refractivity contribution in [1.82, 2.24) is 19.9 Å². The molecule has 2 aliphatic heterocycles. The van der Waals surface area contributed by atoms with Gasteiger partial charge in [0, 0.05) is 57.0 Å². The molecule has 4 rings (SSSR count). The number of hydrogen-bond donors (Lipinski definition) is 1. The van der Waals surface area contributed by atoms with Gasteiger partial charge in [-0.1, -0.05) is 0 Å². The van der Waals surface area contributed by atoms with E-state index in [1.54, 1.807) is 12.3 Å². The Morgan fingerprint density at radius 1 is 1.14 bits per heavy atom. The van der Waals surface area contributed by atoms with E-state index in [9.17, 15) is 4.79 Å². The molecule has 1 amide bonds. The van der Waals surface area contributed by atoms with Crippen molar-refractivity contribution < 1.29 is 9.53 Å². The Kier molecular flexibility index (Phi) is 5.27. The average Bonchev–Trinajstić information content (AvgIpc) is 3.22. The molecule has 0 bridgehead atoms. The molecule has 148 valence electrons. The fourth-order valence-electron chi connectivity index (χ4n) is 3.80. The Labute approximate surface area is 164 Å². The zero-order chi connectivity index (χ0) is 19.5. The number of rotatable bonds is 4. The second-order valence-electron chi connectivity index (χ2n) is 7.41. The van der Waals surface area contributed by atoms with Gasteiger partial charge >= 0.3 is 0 Å². The summed E-state index contributed by atoms with van der Waals surface area (Å²) in [7, 11) is 0. The minimum atomic E-state index is 0.0862. The van der Waals surface area contributed by atoms with Crippen LogP contribution in [0.15, 0.2) is 24.4 Å². The van der Waals surface area contributed by atoms with Crippen molar-refractivity contribution in [3.63, 3.8) is 0 Å². The summed E-state index contributed by atoms with van der Waals surface area (Å²) in [5, 5.41) is 0. The summed E-state index contributed by atoms with van der Waals surface area (Å²) in [6.45, 7) is 5.27. The third-order valence-electron chi connectivity index (χ3n) is 5.29. The van der Waals surface area contributed by atoms with Crippen molar-refractivity contribution in [2.45, 2.75) is 38.7 Å². The van der Waals surface area contributed by atoms with Crippen LogP contribution >= 0.6 is 0 Å². The maximum Gasteiger partial charge on any atom is 0.255 e. The molecular weight excluding hydrogens is 356 g/mol. The molecule has 2 aromatic rings. The maximum atomic E-state index is 12.4. The minimum Gasteiger partial charge on any atom is -0.474 e. The first-order valence-corrected chi connectivity index (χ1v) is 9.86. The van der Waals surface area contributed by atoms with Crippen LogP contribution < -0.4 is 15.4 Å². The van der Waals surface area contributed by atoms with Crippen molar-refractivity contribution in [1.29, 1.82) is 0 Å². The number of amides is 1. The molecule has 2 N–H and O–H groups in total. The van der Waals surface area contributed by atoms with Crippen LogP contribution in [0.2, 0.25) is 0 Å². The van der Waals surface area contributed by atoms with Crippen LogP contribution in [0.4, 0.5) is 11.8 Å². The van der Waals surface area contributed by atoms with Gasteiger partial charge in [-0.2, -0.15) is 4.98 Å². The van der Waals surface area contributed by atoms with Crippen LogP contribution in [0.5, 0.6) is 5.88 Å². The van der Waals surface area contributed by atoms with Crippen LogP contribution in [-0.4, -0.2) is 58.0 Å². The van der Waals surface area contributed by atoms with Crippen molar-refractivity contribution in [3.05, 3.63) is 35.7 Å². The lowest BCUT2D eigenvalue weighted by Gasteiger charge is -2.32. The highest BCUT2D eigenvalue weighted by atomic mass is 16.5. The number of piperidine rings is 1. The SMILES string of the molecule is Cc1cc(OC2CCN(c3ccc(C(=O)N4CCCC4)cn3)CC2)nc(N)n1. The Morgan fingerprint density at radius 2 is 1.89 bits per heavy atom.